The molecule has 160 valence electrons. The molecule has 3 aromatic carbocycles. The van der Waals surface area contributed by atoms with Gasteiger partial charge in [0, 0.05) is 6.42 Å². The zero-order chi connectivity index (χ0) is 21.8. The van der Waals surface area contributed by atoms with Crippen LogP contribution >= 0.6 is 0 Å². The number of carbonyl (C=O) groups excluding carboxylic acids is 2. The molecule has 1 heterocycles. The minimum Gasteiger partial charge on any atom is -0.488 e. The lowest BCUT2D eigenvalue weighted by molar-refractivity contribution is -0.130. The Balaban J connectivity index is 1.32. The van der Waals surface area contributed by atoms with Gasteiger partial charge in [0.15, 0.2) is 0 Å². The minimum absolute atomic E-state index is 0.0257. The molecular formula is C26H28N2O3. The molecule has 2 amide bonds. The van der Waals surface area contributed by atoms with Crippen molar-refractivity contribution in [3.05, 3.63) is 77.9 Å². The van der Waals surface area contributed by atoms with E-state index in [4.69, 9.17) is 4.74 Å². The summed E-state index contributed by atoms with van der Waals surface area (Å²) in [4.78, 5) is 25.5. The Morgan fingerprint density at radius 1 is 1.00 bits per heavy atom. The molecule has 5 heteroatoms. The van der Waals surface area contributed by atoms with Gasteiger partial charge in [-0.25, -0.2) is 0 Å². The van der Waals surface area contributed by atoms with Crippen LogP contribution < -0.4 is 15.4 Å². The number of para-hydroxylation sites is 1. The number of benzene rings is 3. The number of amides is 2. The summed E-state index contributed by atoms with van der Waals surface area (Å²) in [5, 5.41) is 8.11. The second-order valence-electron chi connectivity index (χ2n) is 8.44. The normalized spacial score (nSPS) is 15.9. The monoisotopic (exact) mass is 416 g/mol. The topological polar surface area (TPSA) is 67.4 Å². The van der Waals surface area contributed by atoms with E-state index < -0.39 is 6.04 Å². The molecule has 2 N–H and O–H groups in total. The Kier molecular flexibility index (Phi) is 6.21. The SMILES string of the molecule is CC(C)C(NC(=O)Cc1ccc2ccccc2c1)C(=O)NCC1Cc2ccccc2O1. The van der Waals surface area contributed by atoms with Crippen LogP contribution in [0.5, 0.6) is 5.75 Å². The lowest BCUT2D eigenvalue weighted by Crippen LogP contribution is -2.51. The third kappa shape index (κ3) is 5.05. The van der Waals surface area contributed by atoms with Crippen molar-refractivity contribution >= 4 is 22.6 Å². The third-order valence-electron chi connectivity index (χ3n) is 5.66. The molecule has 0 radical (unpaired) electrons. The van der Waals surface area contributed by atoms with Crippen molar-refractivity contribution in [2.24, 2.45) is 5.92 Å². The van der Waals surface area contributed by atoms with Gasteiger partial charge >= 0.3 is 0 Å². The summed E-state index contributed by atoms with van der Waals surface area (Å²) in [7, 11) is 0. The zero-order valence-electron chi connectivity index (χ0n) is 17.9. The van der Waals surface area contributed by atoms with Crippen LogP contribution in [0.1, 0.15) is 25.0 Å². The predicted molar refractivity (Wildman–Crippen MR) is 122 cm³/mol. The first-order valence-corrected chi connectivity index (χ1v) is 10.8. The van der Waals surface area contributed by atoms with E-state index in [1.165, 1.54) is 0 Å². The van der Waals surface area contributed by atoms with Crippen LogP contribution in [-0.2, 0) is 22.4 Å². The highest BCUT2D eigenvalue weighted by Crippen LogP contribution is 2.27. The lowest BCUT2D eigenvalue weighted by Gasteiger charge is -2.23. The minimum atomic E-state index is -0.586. The molecule has 2 unspecified atom stereocenters. The maximum atomic E-state index is 12.8. The highest BCUT2D eigenvalue weighted by molar-refractivity contribution is 5.89. The van der Waals surface area contributed by atoms with E-state index in [0.29, 0.717) is 6.54 Å². The molecule has 2 atom stereocenters. The van der Waals surface area contributed by atoms with Gasteiger partial charge in [-0.2, -0.15) is 0 Å². The summed E-state index contributed by atoms with van der Waals surface area (Å²) in [6.45, 7) is 4.28. The number of rotatable bonds is 7. The molecule has 0 spiro atoms. The number of hydrogen-bond acceptors (Lipinski definition) is 3. The number of ether oxygens (including phenoxy) is 1. The molecule has 0 fully saturated rings. The molecule has 1 aliphatic heterocycles. The number of hydrogen-bond donors (Lipinski definition) is 2. The Bertz CT molecular complexity index is 1070. The van der Waals surface area contributed by atoms with Crippen LogP contribution in [0, 0.1) is 5.92 Å². The van der Waals surface area contributed by atoms with Crippen molar-refractivity contribution in [2.75, 3.05) is 6.54 Å². The first-order valence-electron chi connectivity index (χ1n) is 10.8. The highest BCUT2D eigenvalue weighted by atomic mass is 16.5. The summed E-state index contributed by atoms with van der Waals surface area (Å²) >= 11 is 0. The van der Waals surface area contributed by atoms with E-state index in [-0.39, 0.29) is 30.3 Å². The van der Waals surface area contributed by atoms with Crippen molar-refractivity contribution in [2.45, 2.75) is 38.8 Å². The average Bonchev–Trinajstić information content (AvgIpc) is 3.18. The Morgan fingerprint density at radius 3 is 2.52 bits per heavy atom. The van der Waals surface area contributed by atoms with Crippen molar-refractivity contribution in [3.63, 3.8) is 0 Å². The maximum Gasteiger partial charge on any atom is 0.242 e. The van der Waals surface area contributed by atoms with Gasteiger partial charge in [0.25, 0.3) is 0 Å². The summed E-state index contributed by atoms with van der Waals surface area (Å²) in [6.07, 6.45) is 0.932. The van der Waals surface area contributed by atoms with Crippen molar-refractivity contribution in [1.82, 2.24) is 10.6 Å². The quantitative estimate of drug-likeness (QED) is 0.618. The summed E-state index contributed by atoms with van der Waals surface area (Å²) in [5.74, 6) is 0.517. The smallest absolute Gasteiger partial charge is 0.242 e. The zero-order valence-corrected chi connectivity index (χ0v) is 17.9. The van der Waals surface area contributed by atoms with Gasteiger partial charge < -0.3 is 15.4 Å². The fourth-order valence-electron chi connectivity index (χ4n) is 3.99. The van der Waals surface area contributed by atoms with Gasteiger partial charge in [-0.15, -0.1) is 0 Å². The molecule has 0 aromatic heterocycles. The van der Waals surface area contributed by atoms with Gasteiger partial charge in [0.1, 0.15) is 17.9 Å². The van der Waals surface area contributed by atoms with E-state index in [1.807, 2.05) is 80.6 Å². The van der Waals surface area contributed by atoms with Crippen LogP contribution in [-0.4, -0.2) is 30.5 Å². The summed E-state index contributed by atoms with van der Waals surface area (Å²) in [6, 6.07) is 21.4. The second kappa shape index (κ2) is 9.21. The summed E-state index contributed by atoms with van der Waals surface area (Å²) < 4.78 is 5.89. The number of fused-ring (bicyclic) bond motifs is 2. The number of carbonyl (C=O) groups is 2. The van der Waals surface area contributed by atoms with Crippen LogP contribution in [0.15, 0.2) is 66.7 Å². The molecule has 0 saturated heterocycles. The van der Waals surface area contributed by atoms with Gasteiger partial charge in [-0.3, -0.25) is 9.59 Å². The standard InChI is InChI=1S/C26H28N2O3/c1-17(2)25(26(30)27-16-22-15-21-9-5-6-10-23(21)31-22)28-24(29)14-18-11-12-19-7-3-4-8-20(19)13-18/h3-13,17,22,25H,14-16H2,1-2H3,(H,27,30)(H,28,29). The average molecular weight is 417 g/mol. The molecule has 0 bridgehead atoms. The second-order valence-corrected chi connectivity index (χ2v) is 8.44. The van der Waals surface area contributed by atoms with Gasteiger partial charge in [-0.1, -0.05) is 74.5 Å². The molecular weight excluding hydrogens is 388 g/mol. The first-order chi connectivity index (χ1) is 15.0. The third-order valence-corrected chi connectivity index (χ3v) is 5.66. The first kappa shape index (κ1) is 20.9. The molecule has 3 aromatic rings. The maximum absolute atomic E-state index is 12.8. The van der Waals surface area contributed by atoms with E-state index >= 15 is 0 Å². The Morgan fingerprint density at radius 2 is 1.74 bits per heavy atom. The van der Waals surface area contributed by atoms with Gasteiger partial charge in [-0.05, 0) is 33.9 Å². The molecule has 5 nitrogen and oxygen atoms in total. The predicted octanol–water partition coefficient (Wildman–Crippen LogP) is 3.64. The van der Waals surface area contributed by atoms with E-state index in [1.54, 1.807) is 0 Å². The van der Waals surface area contributed by atoms with Crippen molar-refractivity contribution < 1.29 is 14.3 Å². The number of nitrogens with one attached hydrogen (secondary N) is 2. The largest absolute Gasteiger partial charge is 0.488 e. The lowest BCUT2D eigenvalue weighted by atomic mass is 10.0. The fourth-order valence-corrected chi connectivity index (χ4v) is 3.99. The molecule has 31 heavy (non-hydrogen) atoms. The van der Waals surface area contributed by atoms with Crippen LogP contribution in [0.2, 0.25) is 0 Å². The fraction of sp³-hybridized carbons (Fsp3) is 0.308. The van der Waals surface area contributed by atoms with E-state index in [2.05, 4.69) is 10.6 Å². The van der Waals surface area contributed by atoms with Gasteiger partial charge in [0.05, 0.1) is 13.0 Å². The van der Waals surface area contributed by atoms with Crippen molar-refractivity contribution in [3.8, 4) is 5.75 Å². The molecule has 0 aliphatic carbocycles. The van der Waals surface area contributed by atoms with Crippen LogP contribution in [0.4, 0.5) is 0 Å². The molecule has 4 rings (SSSR count). The van der Waals surface area contributed by atoms with Gasteiger partial charge in [0.2, 0.25) is 11.8 Å². The van der Waals surface area contributed by atoms with E-state index in [9.17, 15) is 9.59 Å². The van der Waals surface area contributed by atoms with E-state index in [0.717, 1.165) is 34.1 Å². The molecule has 1 aliphatic rings. The van der Waals surface area contributed by atoms with Crippen LogP contribution in [0.25, 0.3) is 10.8 Å². The summed E-state index contributed by atoms with van der Waals surface area (Å²) in [5.41, 5.74) is 2.09. The molecule has 0 saturated carbocycles. The van der Waals surface area contributed by atoms with Crippen LogP contribution in [0.3, 0.4) is 0 Å². The highest BCUT2D eigenvalue weighted by Gasteiger charge is 2.27. The Labute approximate surface area is 182 Å². The van der Waals surface area contributed by atoms with Crippen molar-refractivity contribution in [1.29, 1.82) is 0 Å². The Hall–Kier alpha value is -3.34.